The number of nitro groups is 1. The molecule has 2 aromatic rings. The lowest BCUT2D eigenvalue weighted by Crippen LogP contribution is -2.45. The Labute approximate surface area is 218 Å². The number of nitrogens with one attached hydrogen (secondary N) is 2. The zero-order valence-corrected chi connectivity index (χ0v) is 22.1. The fourth-order valence-electron chi connectivity index (χ4n) is 4.80. The molecule has 0 radical (unpaired) electrons. The van der Waals surface area contributed by atoms with Gasteiger partial charge in [-0.25, -0.2) is 0 Å². The molecular formula is C25H31BrN6O4. The normalized spacial score (nSPS) is 18.6. The molecule has 2 aliphatic rings. The summed E-state index contributed by atoms with van der Waals surface area (Å²) in [4.78, 5) is 45.8. The first kappa shape index (κ1) is 25.9. The molecule has 11 heteroatoms. The molecule has 3 heterocycles. The third-order valence-electron chi connectivity index (χ3n) is 6.91. The van der Waals surface area contributed by atoms with Crippen LogP contribution < -0.4 is 10.6 Å². The van der Waals surface area contributed by atoms with Gasteiger partial charge in [0.05, 0.1) is 21.7 Å². The van der Waals surface area contributed by atoms with Gasteiger partial charge in [0.25, 0.3) is 17.5 Å². The molecule has 1 aromatic heterocycles. The molecule has 2 N–H and O–H groups in total. The maximum Gasteiger partial charge on any atom is 0.294 e. The Morgan fingerprint density at radius 2 is 1.83 bits per heavy atom. The summed E-state index contributed by atoms with van der Waals surface area (Å²) in [7, 11) is 1.76. The number of hydrogen-bond donors (Lipinski definition) is 2. The van der Waals surface area contributed by atoms with Crippen molar-refractivity contribution in [1.29, 1.82) is 0 Å². The molecule has 1 aromatic carbocycles. The number of amides is 2. The van der Waals surface area contributed by atoms with Gasteiger partial charge in [-0.2, -0.15) is 0 Å². The van der Waals surface area contributed by atoms with Crippen molar-refractivity contribution in [2.75, 3.05) is 43.9 Å². The van der Waals surface area contributed by atoms with Crippen LogP contribution in [0.15, 0.2) is 35.1 Å². The van der Waals surface area contributed by atoms with E-state index in [2.05, 4.69) is 38.5 Å². The van der Waals surface area contributed by atoms with Crippen molar-refractivity contribution >= 4 is 44.8 Å². The summed E-state index contributed by atoms with van der Waals surface area (Å²) in [6.45, 7) is 4.38. The van der Waals surface area contributed by atoms with Crippen LogP contribution in [0.5, 0.6) is 0 Å². The van der Waals surface area contributed by atoms with Gasteiger partial charge in [-0.05, 0) is 43.7 Å². The zero-order valence-electron chi connectivity index (χ0n) is 20.5. The second-order valence-corrected chi connectivity index (χ2v) is 10.4. The largest absolute Gasteiger partial charge is 0.387 e. The minimum atomic E-state index is -0.469. The first-order chi connectivity index (χ1) is 17.3. The number of nitrogens with zero attached hydrogens (tertiary/aromatic N) is 4. The molecule has 0 spiro atoms. The standard InChI is InChI=1S/C25H31BrN6O4/c1-16-5-8-30(9-6-16)25(34)21-11-18(26)12-22(32(35)36)23(21)29-19-4-3-7-31(15-19)24(33)17-10-20(27-2)14-28-13-17/h10-14,16,19,27,29H,3-9,15H2,1-2H3/t19-/m1/s1. The number of carbonyl (C=O) groups excluding carboxylic acids is 2. The number of anilines is 2. The molecular weight excluding hydrogens is 528 g/mol. The van der Waals surface area contributed by atoms with E-state index in [1.54, 1.807) is 35.2 Å². The Bertz CT molecular complexity index is 1150. The molecule has 1 atom stereocenters. The average Bonchev–Trinajstić information content (AvgIpc) is 2.89. The average molecular weight is 559 g/mol. The molecule has 4 rings (SSSR count). The highest BCUT2D eigenvalue weighted by Crippen LogP contribution is 2.35. The van der Waals surface area contributed by atoms with E-state index in [4.69, 9.17) is 0 Å². The third kappa shape index (κ3) is 5.77. The fourth-order valence-corrected chi connectivity index (χ4v) is 5.24. The van der Waals surface area contributed by atoms with Gasteiger partial charge >= 0.3 is 0 Å². The molecule has 36 heavy (non-hydrogen) atoms. The number of halogens is 1. The lowest BCUT2D eigenvalue weighted by atomic mass is 9.98. The van der Waals surface area contributed by atoms with Crippen LogP contribution in [-0.4, -0.2) is 70.8 Å². The van der Waals surface area contributed by atoms with E-state index in [9.17, 15) is 19.7 Å². The first-order valence-electron chi connectivity index (χ1n) is 12.2. The summed E-state index contributed by atoms with van der Waals surface area (Å²) in [6.07, 6.45) is 6.46. The number of rotatable bonds is 6. The topological polar surface area (TPSA) is 121 Å². The summed E-state index contributed by atoms with van der Waals surface area (Å²) < 4.78 is 0.478. The van der Waals surface area contributed by atoms with Gasteiger partial charge < -0.3 is 20.4 Å². The van der Waals surface area contributed by atoms with Crippen LogP contribution in [0, 0.1) is 16.0 Å². The summed E-state index contributed by atoms with van der Waals surface area (Å²) >= 11 is 3.34. The zero-order chi connectivity index (χ0) is 25.8. The van der Waals surface area contributed by atoms with Gasteiger partial charge in [0.2, 0.25) is 0 Å². The van der Waals surface area contributed by atoms with Gasteiger partial charge in [-0.15, -0.1) is 0 Å². The molecule has 2 aliphatic heterocycles. The van der Waals surface area contributed by atoms with Crippen molar-refractivity contribution in [1.82, 2.24) is 14.8 Å². The van der Waals surface area contributed by atoms with Crippen molar-refractivity contribution in [2.45, 2.75) is 38.6 Å². The van der Waals surface area contributed by atoms with Crippen LogP contribution in [-0.2, 0) is 0 Å². The number of pyridine rings is 1. The van der Waals surface area contributed by atoms with Crippen LogP contribution in [0.1, 0.15) is 53.3 Å². The molecule has 0 bridgehead atoms. The highest BCUT2D eigenvalue weighted by molar-refractivity contribution is 9.10. The van der Waals surface area contributed by atoms with Crippen LogP contribution in [0.25, 0.3) is 0 Å². The molecule has 2 fully saturated rings. The highest BCUT2D eigenvalue weighted by Gasteiger charge is 2.31. The highest BCUT2D eigenvalue weighted by atomic mass is 79.9. The Hall–Kier alpha value is -3.21. The monoisotopic (exact) mass is 558 g/mol. The quantitative estimate of drug-likeness (QED) is 0.398. The number of nitro benzene ring substituents is 1. The lowest BCUT2D eigenvalue weighted by Gasteiger charge is -2.34. The molecule has 2 amide bonds. The van der Waals surface area contributed by atoms with Crippen molar-refractivity contribution in [3.8, 4) is 0 Å². The Morgan fingerprint density at radius 3 is 2.53 bits per heavy atom. The van der Waals surface area contributed by atoms with Crippen molar-refractivity contribution in [3.05, 3.63) is 56.3 Å². The number of likely N-dealkylation sites (tertiary alicyclic amines) is 2. The van der Waals surface area contributed by atoms with Gasteiger partial charge in [0.15, 0.2) is 0 Å². The summed E-state index contributed by atoms with van der Waals surface area (Å²) in [5.41, 5.74) is 1.55. The smallest absolute Gasteiger partial charge is 0.294 e. The SMILES string of the molecule is CNc1cncc(C(=O)N2CCC[C@@H](Nc3c(C(=O)N4CCC(C)CC4)cc(Br)cc3[N+](=O)[O-])C2)c1. The van der Waals surface area contributed by atoms with E-state index in [1.807, 2.05) is 0 Å². The number of piperidine rings is 2. The van der Waals surface area contributed by atoms with E-state index >= 15 is 0 Å². The summed E-state index contributed by atoms with van der Waals surface area (Å²) in [6, 6.07) is 4.58. The predicted molar refractivity (Wildman–Crippen MR) is 141 cm³/mol. The van der Waals surface area contributed by atoms with Gasteiger partial charge in [-0.1, -0.05) is 22.9 Å². The molecule has 0 saturated carbocycles. The van der Waals surface area contributed by atoms with Crippen LogP contribution >= 0.6 is 15.9 Å². The lowest BCUT2D eigenvalue weighted by molar-refractivity contribution is -0.384. The summed E-state index contributed by atoms with van der Waals surface area (Å²) in [5.74, 6) is 0.195. The van der Waals surface area contributed by atoms with Gasteiger partial charge in [0, 0.05) is 62.2 Å². The Balaban J connectivity index is 1.58. The molecule has 0 aliphatic carbocycles. The molecule has 2 saturated heterocycles. The minimum Gasteiger partial charge on any atom is -0.387 e. The molecule has 10 nitrogen and oxygen atoms in total. The van der Waals surface area contributed by atoms with Crippen LogP contribution in [0.3, 0.4) is 0 Å². The first-order valence-corrected chi connectivity index (χ1v) is 13.0. The van der Waals surface area contributed by atoms with Crippen molar-refractivity contribution in [3.63, 3.8) is 0 Å². The maximum absolute atomic E-state index is 13.5. The molecule has 0 unspecified atom stereocenters. The van der Waals surface area contributed by atoms with Crippen LogP contribution in [0.4, 0.5) is 17.1 Å². The second-order valence-electron chi connectivity index (χ2n) is 9.53. The van der Waals surface area contributed by atoms with Gasteiger partial charge in [-0.3, -0.25) is 24.7 Å². The number of aromatic nitrogens is 1. The van der Waals surface area contributed by atoms with E-state index < -0.39 is 4.92 Å². The van der Waals surface area contributed by atoms with Crippen molar-refractivity contribution < 1.29 is 14.5 Å². The Morgan fingerprint density at radius 1 is 1.08 bits per heavy atom. The predicted octanol–water partition coefficient (Wildman–Crippen LogP) is 4.38. The van der Waals surface area contributed by atoms with Crippen LogP contribution in [0.2, 0.25) is 0 Å². The fraction of sp³-hybridized carbons (Fsp3) is 0.480. The number of carbonyl (C=O) groups is 2. The van der Waals surface area contributed by atoms with Crippen molar-refractivity contribution in [2.24, 2.45) is 5.92 Å². The number of hydrogen-bond acceptors (Lipinski definition) is 7. The van der Waals surface area contributed by atoms with E-state index in [0.29, 0.717) is 42.1 Å². The minimum absolute atomic E-state index is 0.143. The van der Waals surface area contributed by atoms with E-state index in [1.165, 1.54) is 12.3 Å². The molecule has 192 valence electrons. The van der Waals surface area contributed by atoms with E-state index in [0.717, 1.165) is 31.4 Å². The summed E-state index contributed by atoms with van der Waals surface area (Å²) in [5, 5.41) is 18.2. The van der Waals surface area contributed by atoms with Gasteiger partial charge in [0.1, 0.15) is 5.69 Å². The second kappa shape index (κ2) is 11.2. The third-order valence-corrected chi connectivity index (χ3v) is 7.37. The number of benzene rings is 1. The van der Waals surface area contributed by atoms with E-state index in [-0.39, 0.29) is 34.8 Å². The maximum atomic E-state index is 13.5. The Kier molecular flexibility index (Phi) is 8.07.